The topological polar surface area (TPSA) is 108 Å². The predicted octanol–water partition coefficient (Wildman–Crippen LogP) is 3.42. The molecule has 0 radical (unpaired) electrons. The molecule has 1 N–H and O–H groups in total. The summed E-state index contributed by atoms with van der Waals surface area (Å²) >= 11 is 0. The van der Waals surface area contributed by atoms with Gasteiger partial charge < -0.3 is 14.8 Å². The van der Waals surface area contributed by atoms with E-state index in [2.05, 4.69) is 5.32 Å². The number of hydrogen-bond donors (Lipinski definition) is 1. The molecule has 0 bridgehead atoms. The van der Waals surface area contributed by atoms with Gasteiger partial charge in [-0.1, -0.05) is 12.1 Å². The van der Waals surface area contributed by atoms with E-state index in [1.807, 2.05) is 6.92 Å². The van der Waals surface area contributed by atoms with Gasteiger partial charge >= 0.3 is 5.97 Å². The minimum Gasteiger partial charge on any atom is -0.494 e. The predicted molar refractivity (Wildman–Crippen MR) is 102 cm³/mol. The van der Waals surface area contributed by atoms with Crippen LogP contribution >= 0.6 is 0 Å². The normalized spacial score (nSPS) is 11.4. The minimum atomic E-state index is -0.614. The van der Waals surface area contributed by atoms with Crippen LogP contribution in [-0.2, 0) is 9.53 Å². The quantitative estimate of drug-likeness (QED) is 0.402. The maximum atomic E-state index is 12.6. The third-order valence-corrected chi connectivity index (χ3v) is 3.92. The Morgan fingerprint density at radius 3 is 2.21 bits per heavy atom. The lowest BCUT2D eigenvalue weighted by atomic mass is 10.0. The molecule has 1 unspecified atom stereocenters. The Morgan fingerprint density at radius 1 is 1.04 bits per heavy atom. The third-order valence-electron chi connectivity index (χ3n) is 3.92. The van der Waals surface area contributed by atoms with Crippen LogP contribution in [-0.4, -0.2) is 30.0 Å². The molecule has 1 amide bonds. The van der Waals surface area contributed by atoms with Gasteiger partial charge in [-0.15, -0.1) is 0 Å². The number of rotatable bonds is 9. The molecule has 0 aliphatic heterocycles. The number of esters is 1. The maximum absolute atomic E-state index is 12.6. The van der Waals surface area contributed by atoms with E-state index in [4.69, 9.17) is 9.47 Å². The van der Waals surface area contributed by atoms with Crippen molar-refractivity contribution in [1.82, 2.24) is 5.32 Å². The molecule has 0 aliphatic carbocycles. The summed E-state index contributed by atoms with van der Waals surface area (Å²) < 4.78 is 10.4. The van der Waals surface area contributed by atoms with Crippen LogP contribution < -0.4 is 10.1 Å². The highest BCUT2D eigenvalue weighted by Crippen LogP contribution is 2.22. The Balaban J connectivity index is 2.19. The highest BCUT2D eigenvalue weighted by molar-refractivity contribution is 5.95. The van der Waals surface area contributed by atoms with Gasteiger partial charge in [-0.2, -0.15) is 0 Å². The molecule has 0 saturated heterocycles. The zero-order valence-electron chi connectivity index (χ0n) is 15.7. The number of benzene rings is 2. The molecule has 8 nitrogen and oxygen atoms in total. The zero-order valence-corrected chi connectivity index (χ0v) is 15.7. The Kier molecular flexibility index (Phi) is 7.50. The highest BCUT2D eigenvalue weighted by Gasteiger charge is 2.20. The summed E-state index contributed by atoms with van der Waals surface area (Å²) in [5.74, 6) is -0.203. The summed E-state index contributed by atoms with van der Waals surface area (Å²) in [4.78, 5) is 34.7. The zero-order chi connectivity index (χ0) is 20.5. The van der Waals surface area contributed by atoms with Gasteiger partial charge in [0.2, 0.25) is 0 Å². The number of amides is 1. The lowest BCUT2D eigenvalue weighted by Gasteiger charge is -2.19. The van der Waals surface area contributed by atoms with Crippen LogP contribution in [0.15, 0.2) is 48.5 Å². The molecule has 1 atom stereocenters. The van der Waals surface area contributed by atoms with Gasteiger partial charge in [0.25, 0.3) is 11.6 Å². The van der Waals surface area contributed by atoms with Crippen molar-refractivity contribution in [2.24, 2.45) is 0 Å². The van der Waals surface area contributed by atoms with Gasteiger partial charge in [0.1, 0.15) is 5.75 Å². The van der Waals surface area contributed by atoms with Crippen molar-refractivity contribution in [2.75, 3.05) is 13.2 Å². The summed E-state index contributed by atoms with van der Waals surface area (Å²) in [6.07, 6.45) is -0.0411. The molecule has 2 aromatic rings. The van der Waals surface area contributed by atoms with Crippen molar-refractivity contribution in [3.8, 4) is 5.75 Å². The van der Waals surface area contributed by atoms with Crippen molar-refractivity contribution in [1.29, 1.82) is 0 Å². The lowest BCUT2D eigenvalue weighted by molar-refractivity contribution is -0.384. The molecule has 2 aromatic carbocycles. The van der Waals surface area contributed by atoms with E-state index in [-0.39, 0.29) is 24.3 Å². The second-order valence-electron chi connectivity index (χ2n) is 5.84. The monoisotopic (exact) mass is 386 g/mol. The summed E-state index contributed by atoms with van der Waals surface area (Å²) in [7, 11) is 0. The fourth-order valence-corrected chi connectivity index (χ4v) is 2.58. The average molecular weight is 386 g/mol. The largest absolute Gasteiger partial charge is 0.494 e. The molecular formula is C20H22N2O6. The average Bonchev–Trinajstić information content (AvgIpc) is 2.68. The van der Waals surface area contributed by atoms with Crippen LogP contribution in [0.4, 0.5) is 5.69 Å². The van der Waals surface area contributed by atoms with Crippen molar-refractivity contribution >= 4 is 17.6 Å². The van der Waals surface area contributed by atoms with Crippen molar-refractivity contribution < 1.29 is 24.0 Å². The van der Waals surface area contributed by atoms with Crippen molar-refractivity contribution in [3.63, 3.8) is 0 Å². The number of nitrogens with zero attached hydrogens (tertiary/aromatic N) is 1. The first kappa shape index (κ1) is 20.9. The Morgan fingerprint density at radius 2 is 1.68 bits per heavy atom. The highest BCUT2D eigenvalue weighted by atomic mass is 16.6. The van der Waals surface area contributed by atoms with Crippen LogP contribution in [0.2, 0.25) is 0 Å². The van der Waals surface area contributed by atoms with Gasteiger partial charge in [0, 0.05) is 17.7 Å². The third kappa shape index (κ3) is 5.80. The summed E-state index contributed by atoms with van der Waals surface area (Å²) in [6.45, 7) is 4.36. The molecule has 8 heteroatoms. The van der Waals surface area contributed by atoms with Gasteiger partial charge in [0.05, 0.1) is 30.6 Å². The molecule has 28 heavy (non-hydrogen) atoms. The molecule has 0 spiro atoms. The smallest absolute Gasteiger partial charge is 0.308 e. The SMILES string of the molecule is CCOC(=O)CC(NC(=O)c1ccc([N+](=O)[O-])cc1)c1ccc(OCC)cc1. The van der Waals surface area contributed by atoms with E-state index in [0.29, 0.717) is 17.9 Å². The lowest BCUT2D eigenvalue weighted by Crippen LogP contribution is -2.30. The fourth-order valence-electron chi connectivity index (χ4n) is 2.58. The number of non-ortho nitro benzene ring substituents is 1. The fraction of sp³-hybridized carbons (Fsp3) is 0.300. The first-order chi connectivity index (χ1) is 13.4. The number of ether oxygens (including phenoxy) is 2. The van der Waals surface area contributed by atoms with Crippen LogP contribution in [0.3, 0.4) is 0 Å². The minimum absolute atomic E-state index is 0.0411. The molecule has 0 heterocycles. The Hall–Kier alpha value is -3.42. The van der Waals surface area contributed by atoms with Crippen LogP contribution in [0.5, 0.6) is 5.75 Å². The van der Waals surface area contributed by atoms with Crippen molar-refractivity contribution in [2.45, 2.75) is 26.3 Å². The summed E-state index contributed by atoms with van der Waals surface area (Å²) in [5, 5.41) is 13.5. The number of carbonyl (C=O) groups is 2. The molecule has 0 aliphatic rings. The molecule has 0 fully saturated rings. The van der Waals surface area contributed by atoms with E-state index < -0.39 is 22.8 Å². The van der Waals surface area contributed by atoms with Crippen LogP contribution in [0.1, 0.15) is 42.2 Å². The van der Waals surface area contributed by atoms with E-state index in [1.165, 1.54) is 24.3 Å². The summed E-state index contributed by atoms with van der Waals surface area (Å²) in [5.41, 5.74) is 0.864. The second kappa shape index (κ2) is 10.1. The molecule has 148 valence electrons. The van der Waals surface area contributed by atoms with E-state index in [9.17, 15) is 19.7 Å². The number of nitro benzene ring substituents is 1. The molecule has 0 aromatic heterocycles. The summed E-state index contributed by atoms with van der Waals surface area (Å²) in [6, 6.07) is 11.7. The van der Waals surface area contributed by atoms with Gasteiger partial charge in [0.15, 0.2) is 0 Å². The number of hydrogen-bond acceptors (Lipinski definition) is 6. The number of nitrogens with one attached hydrogen (secondary N) is 1. The Bertz CT molecular complexity index is 818. The number of nitro groups is 1. The maximum Gasteiger partial charge on any atom is 0.308 e. The molecular weight excluding hydrogens is 364 g/mol. The van der Waals surface area contributed by atoms with Gasteiger partial charge in [-0.05, 0) is 43.7 Å². The molecule has 0 saturated carbocycles. The van der Waals surface area contributed by atoms with Gasteiger partial charge in [-0.25, -0.2) is 0 Å². The van der Waals surface area contributed by atoms with Crippen LogP contribution in [0.25, 0.3) is 0 Å². The Labute approximate surface area is 162 Å². The van der Waals surface area contributed by atoms with E-state index in [1.54, 1.807) is 31.2 Å². The second-order valence-corrected chi connectivity index (χ2v) is 5.84. The number of carbonyl (C=O) groups excluding carboxylic acids is 2. The van der Waals surface area contributed by atoms with E-state index in [0.717, 1.165) is 0 Å². The van der Waals surface area contributed by atoms with Crippen LogP contribution in [0, 0.1) is 10.1 Å². The van der Waals surface area contributed by atoms with Gasteiger partial charge in [-0.3, -0.25) is 19.7 Å². The standard InChI is InChI=1S/C20H22N2O6/c1-3-27-17-11-7-14(8-12-17)18(13-19(23)28-4-2)21-20(24)15-5-9-16(10-6-15)22(25)26/h5-12,18H,3-4,13H2,1-2H3,(H,21,24). The van der Waals surface area contributed by atoms with Crippen molar-refractivity contribution in [3.05, 3.63) is 69.8 Å². The first-order valence-corrected chi connectivity index (χ1v) is 8.88. The molecule has 2 rings (SSSR count). The van der Waals surface area contributed by atoms with E-state index >= 15 is 0 Å². The first-order valence-electron chi connectivity index (χ1n) is 8.88.